The van der Waals surface area contributed by atoms with Crippen LogP contribution in [0.15, 0.2) is 0 Å². The molecular formula is C12H27N. The van der Waals surface area contributed by atoms with Crippen LogP contribution in [0, 0.1) is 5.92 Å². The molecule has 80 valence electrons. The zero-order chi connectivity index (χ0) is 10.1. The molecule has 0 aliphatic heterocycles. The van der Waals surface area contributed by atoms with Gasteiger partial charge in [-0.3, -0.25) is 0 Å². The van der Waals surface area contributed by atoms with Crippen LogP contribution in [0.5, 0.6) is 0 Å². The lowest BCUT2D eigenvalue weighted by molar-refractivity contribution is 0.388. The van der Waals surface area contributed by atoms with Crippen molar-refractivity contribution < 1.29 is 0 Å². The van der Waals surface area contributed by atoms with Gasteiger partial charge in [0.2, 0.25) is 0 Å². The summed E-state index contributed by atoms with van der Waals surface area (Å²) in [7, 11) is 4.30. The maximum absolute atomic E-state index is 2.31. The van der Waals surface area contributed by atoms with Crippen molar-refractivity contribution in [3.05, 3.63) is 0 Å². The average molecular weight is 185 g/mol. The van der Waals surface area contributed by atoms with Gasteiger partial charge in [0.05, 0.1) is 0 Å². The van der Waals surface area contributed by atoms with Gasteiger partial charge in [-0.1, -0.05) is 46.0 Å². The van der Waals surface area contributed by atoms with Gasteiger partial charge in [0.1, 0.15) is 0 Å². The van der Waals surface area contributed by atoms with Crippen molar-refractivity contribution in [3.63, 3.8) is 0 Å². The molecule has 1 heteroatoms. The van der Waals surface area contributed by atoms with Crippen LogP contribution in [0.1, 0.15) is 52.4 Å². The van der Waals surface area contributed by atoms with E-state index >= 15 is 0 Å². The Bertz CT molecular complexity index is 85.3. The summed E-state index contributed by atoms with van der Waals surface area (Å²) in [6.45, 7) is 5.88. The van der Waals surface area contributed by atoms with Gasteiger partial charge in [0, 0.05) is 0 Å². The van der Waals surface area contributed by atoms with E-state index in [2.05, 4.69) is 32.8 Å². The first-order chi connectivity index (χ1) is 6.13. The highest BCUT2D eigenvalue weighted by Crippen LogP contribution is 2.10. The molecule has 0 heterocycles. The van der Waals surface area contributed by atoms with E-state index < -0.39 is 0 Å². The van der Waals surface area contributed by atoms with Gasteiger partial charge < -0.3 is 4.90 Å². The molecule has 0 N–H and O–H groups in total. The number of rotatable bonds is 8. The van der Waals surface area contributed by atoms with E-state index in [1.165, 1.54) is 45.1 Å². The first kappa shape index (κ1) is 13.0. The van der Waals surface area contributed by atoms with Gasteiger partial charge >= 0.3 is 0 Å². The third-order valence-corrected chi connectivity index (χ3v) is 2.39. The highest BCUT2D eigenvalue weighted by Gasteiger charge is 1.95. The Morgan fingerprint density at radius 1 is 0.846 bits per heavy atom. The van der Waals surface area contributed by atoms with Crippen LogP contribution in [0.3, 0.4) is 0 Å². The van der Waals surface area contributed by atoms with Crippen LogP contribution >= 0.6 is 0 Å². The maximum atomic E-state index is 2.31. The van der Waals surface area contributed by atoms with Crippen molar-refractivity contribution in [3.8, 4) is 0 Å². The number of hydrogen-bond donors (Lipinski definition) is 0. The minimum absolute atomic E-state index is 0.891. The summed E-state index contributed by atoms with van der Waals surface area (Å²) < 4.78 is 0. The lowest BCUT2D eigenvalue weighted by Crippen LogP contribution is -2.12. The fourth-order valence-corrected chi connectivity index (χ4v) is 1.51. The molecule has 0 radical (unpaired) electrons. The second-order valence-corrected chi connectivity index (χ2v) is 4.75. The van der Waals surface area contributed by atoms with E-state index in [4.69, 9.17) is 0 Å². The summed E-state index contributed by atoms with van der Waals surface area (Å²) >= 11 is 0. The van der Waals surface area contributed by atoms with Crippen LogP contribution in [-0.4, -0.2) is 25.5 Å². The Morgan fingerprint density at radius 2 is 1.38 bits per heavy atom. The van der Waals surface area contributed by atoms with Crippen LogP contribution in [-0.2, 0) is 0 Å². The van der Waals surface area contributed by atoms with E-state index in [-0.39, 0.29) is 0 Å². The van der Waals surface area contributed by atoms with E-state index in [0.29, 0.717) is 0 Å². The predicted octanol–water partition coefficient (Wildman–Crippen LogP) is 3.54. The number of hydrogen-bond acceptors (Lipinski definition) is 1. The largest absolute Gasteiger partial charge is 0.309 e. The van der Waals surface area contributed by atoms with Crippen molar-refractivity contribution in [2.45, 2.75) is 52.4 Å². The molecule has 0 amide bonds. The molecule has 0 saturated carbocycles. The Morgan fingerprint density at radius 3 is 1.92 bits per heavy atom. The standard InChI is InChI=1S/C12H27N/c1-12(2)10-8-6-5-7-9-11-13(3)4/h12H,5-11H2,1-4H3. The second kappa shape index (κ2) is 8.55. The smallest absolute Gasteiger partial charge is 0.00248 e. The van der Waals surface area contributed by atoms with Crippen LogP contribution in [0.25, 0.3) is 0 Å². The molecule has 0 spiro atoms. The lowest BCUT2D eigenvalue weighted by Gasteiger charge is -2.08. The number of nitrogens with zero attached hydrogens (tertiary/aromatic N) is 1. The van der Waals surface area contributed by atoms with E-state index in [9.17, 15) is 0 Å². The highest BCUT2D eigenvalue weighted by atomic mass is 15.0. The molecule has 0 atom stereocenters. The SMILES string of the molecule is CC(C)CCCCCCCN(C)C. The molecule has 0 unspecified atom stereocenters. The minimum atomic E-state index is 0.891. The Balaban J connectivity index is 2.92. The summed E-state index contributed by atoms with van der Waals surface area (Å²) in [6.07, 6.45) is 8.49. The Labute approximate surface area is 84.5 Å². The predicted molar refractivity (Wildman–Crippen MR) is 61.1 cm³/mol. The highest BCUT2D eigenvalue weighted by molar-refractivity contribution is 4.50. The molecule has 0 aromatic rings. The zero-order valence-corrected chi connectivity index (χ0v) is 9.97. The fraction of sp³-hybridized carbons (Fsp3) is 1.00. The third-order valence-electron chi connectivity index (χ3n) is 2.39. The van der Waals surface area contributed by atoms with Gasteiger partial charge in [-0.05, 0) is 33.0 Å². The summed E-state index contributed by atoms with van der Waals surface area (Å²) in [5.41, 5.74) is 0. The topological polar surface area (TPSA) is 3.24 Å². The summed E-state index contributed by atoms with van der Waals surface area (Å²) in [4.78, 5) is 2.27. The van der Waals surface area contributed by atoms with Gasteiger partial charge in [-0.2, -0.15) is 0 Å². The molecule has 0 aliphatic rings. The van der Waals surface area contributed by atoms with Crippen molar-refractivity contribution >= 4 is 0 Å². The van der Waals surface area contributed by atoms with Crippen molar-refractivity contribution in [1.29, 1.82) is 0 Å². The summed E-state index contributed by atoms with van der Waals surface area (Å²) in [5, 5.41) is 0. The zero-order valence-electron chi connectivity index (χ0n) is 9.97. The van der Waals surface area contributed by atoms with E-state index in [1.54, 1.807) is 0 Å². The average Bonchev–Trinajstić information content (AvgIpc) is 2.01. The van der Waals surface area contributed by atoms with Crippen molar-refractivity contribution in [1.82, 2.24) is 4.90 Å². The van der Waals surface area contributed by atoms with Crippen LogP contribution in [0.4, 0.5) is 0 Å². The van der Waals surface area contributed by atoms with Gasteiger partial charge in [0.25, 0.3) is 0 Å². The summed E-state index contributed by atoms with van der Waals surface area (Å²) in [5.74, 6) is 0.891. The van der Waals surface area contributed by atoms with Gasteiger partial charge in [-0.25, -0.2) is 0 Å². The van der Waals surface area contributed by atoms with E-state index in [1.807, 2.05) is 0 Å². The molecule has 13 heavy (non-hydrogen) atoms. The van der Waals surface area contributed by atoms with Gasteiger partial charge in [-0.15, -0.1) is 0 Å². The molecule has 0 saturated heterocycles. The van der Waals surface area contributed by atoms with Crippen molar-refractivity contribution in [2.24, 2.45) is 5.92 Å². The number of unbranched alkanes of at least 4 members (excludes halogenated alkanes) is 4. The molecule has 1 nitrogen and oxygen atoms in total. The van der Waals surface area contributed by atoms with Gasteiger partial charge in [0.15, 0.2) is 0 Å². The molecule has 0 aliphatic carbocycles. The maximum Gasteiger partial charge on any atom is -0.00248 e. The molecule has 0 aromatic heterocycles. The molecule has 0 aromatic carbocycles. The first-order valence-electron chi connectivity index (χ1n) is 5.77. The summed E-state index contributed by atoms with van der Waals surface area (Å²) in [6, 6.07) is 0. The normalized spacial score (nSPS) is 11.5. The van der Waals surface area contributed by atoms with Crippen LogP contribution in [0.2, 0.25) is 0 Å². The fourth-order valence-electron chi connectivity index (χ4n) is 1.51. The second-order valence-electron chi connectivity index (χ2n) is 4.75. The monoisotopic (exact) mass is 185 g/mol. The van der Waals surface area contributed by atoms with Crippen LogP contribution < -0.4 is 0 Å². The third kappa shape index (κ3) is 12.0. The molecule has 0 rings (SSSR count). The minimum Gasteiger partial charge on any atom is -0.309 e. The first-order valence-corrected chi connectivity index (χ1v) is 5.77. The Hall–Kier alpha value is -0.0400. The Kier molecular flexibility index (Phi) is 8.53. The molecule has 0 bridgehead atoms. The lowest BCUT2D eigenvalue weighted by atomic mass is 10.0. The molecule has 0 fully saturated rings. The van der Waals surface area contributed by atoms with E-state index in [0.717, 1.165) is 5.92 Å². The quantitative estimate of drug-likeness (QED) is 0.523. The van der Waals surface area contributed by atoms with Crippen molar-refractivity contribution in [2.75, 3.05) is 20.6 Å². The molecular weight excluding hydrogens is 158 g/mol.